The van der Waals surface area contributed by atoms with E-state index in [9.17, 15) is 28.0 Å². The second kappa shape index (κ2) is 9.54. The molecule has 3 N–H and O–H groups in total. The topological polar surface area (TPSA) is 120 Å². The zero-order chi connectivity index (χ0) is 24.5. The molecule has 0 spiro atoms. The molecule has 9 nitrogen and oxygen atoms in total. The molecule has 12 heteroatoms. The molecular formula is C22H30F3N7O2. The lowest BCUT2D eigenvalue weighted by atomic mass is 9.77. The third-order valence-electron chi connectivity index (χ3n) is 7.28. The molecule has 2 amide bonds. The Morgan fingerprint density at radius 3 is 2.35 bits per heavy atom. The van der Waals surface area contributed by atoms with Gasteiger partial charge in [0.1, 0.15) is 5.56 Å². The summed E-state index contributed by atoms with van der Waals surface area (Å²) in [7, 11) is 0. The molecule has 2 saturated carbocycles. The van der Waals surface area contributed by atoms with Crippen LogP contribution < -0.4 is 11.1 Å². The van der Waals surface area contributed by atoms with Crippen LogP contribution in [0.3, 0.4) is 0 Å². The number of nitrogens with zero attached hydrogens (tertiary/aromatic N) is 5. The van der Waals surface area contributed by atoms with Gasteiger partial charge in [0.05, 0.1) is 24.6 Å². The number of halogens is 3. The number of primary amides is 1. The maximum absolute atomic E-state index is 12.7. The van der Waals surface area contributed by atoms with Crippen LogP contribution in [0.2, 0.25) is 0 Å². The van der Waals surface area contributed by atoms with Crippen molar-refractivity contribution in [1.29, 1.82) is 5.26 Å². The fourth-order valence-electron chi connectivity index (χ4n) is 5.13. The highest BCUT2D eigenvalue weighted by Gasteiger charge is 2.41. The standard InChI is InChI=1S/C22H30F3N7O2/c23-22(24,25)14-30-9-11-31(12-10-30)16-3-5-21(6-4-16,7-8-26)32-13-17(18(27)33)19(29-32)28-20(34)15-1-2-15/h13,15-16H,1-7,9-12,14H2,(H2,27,33)(H,28,29,34). The van der Waals surface area contributed by atoms with Gasteiger partial charge in [0.15, 0.2) is 5.82 Å². The molecule has 0 aromatic carbocycles. The zero-order valence-corrected chi connectivity index (χ0v) is 19.0. The van der Waals surface area contributed by atoms with E-state index in [2.05, 4.69) is 21.4 Å². The summed E-state index contributed by atoms with van der Waals surface area (Å²) >= 11 is 0. The van der Waals surface area contributed by atoms with Crippen molar-refractivity contribution in [2.45, 2.75) is 62.7 Å². The van der Waals surface area contributed by atoms with Crippen molar-refractivity contribution in [2.24, 2.45) is 11.7 Å². The lowest BCUT2D eigenvalue weighted by molar-refractivity contribution is -0.150. The number of rotatable bonds is 7. The Morgan fingerprint density at radius 1 is 1.18 bits per heavy atom. The quantitative estimate of drug-likeness (QED) is 0.615. The van der Waals surface area contributed by atoms with Crippen LogP contribution in [-0.4, -0.2) is 76.3 Å². The second-order valence-electron chi connectivity index (χ2n) is 9.68. The Bertz CT molecular complexity index is 951. The van der Waals surface area contributed by atoms with Gasteiger partial charge in [0.25, 0.3) is 5.91 Å². The van der Waals surface area contributed by atoms with Crippen LogP contribution in [-0.2, 0) is 10.3 Å². The van der Waals surface area contributed by atoms with Crippen LogP contribution in [0.15, 0.2) is 6.20 Å². The number of alkyl halides is 3. The molecule has 0 atom stereocenters. The zero-order valence-electron chi connectivity index (χ0n) is 19.0. The summed E-state index contributed by atoms with van der Waals surface area (Å²) < 4.78 is 39.6. The highest BCUT2D eigenvalue weighted by molar-refractivity contribution is 6.02. The van der Waals surface area contributed by atoms with Crippen LogP contribution in [0.25, 0.3) is 0 Å². The van der Waals surface area contributed by atoms with Gasteiger partial charge in [-0.25, -0.2) is 0 Å². The van der Waals surface area contributed by atoms with Crippen molar-refractivity contribution in [2.75, 3.05) is 38.0 Å². The molecule has 0 bridgehead atoms. The van der Waals surface area contributed by atoms with Crippen molar-refractivity contribution < 1.29 is 22.8 Å². The van der Waals surface area contributed by atoms with Gasteiger partial charge in [-0.3, -0.25) is 24.1 Å². The van der Waals surface area contributed by atoms with E-state index in [1.165, 1.54) is 11.1 Å². The van der Waals surface area contributed by atoms with Crippen LogP contribution in [0.5, 0.6) is 0 Å². The monoisotopic (exact) mass is 481 g/mol. The Labute approximate surface area is 196 Å². The van der Waals surface area contributed by atoms with Gasteiger partial charge >= 0.3 is 6.18 Å². The number of hydrogen-bond acceptors (Lipinski definition) is 6. The summed E-state index contributed by atoms with van der Waals surface area (Å²) in [5.41, 5.74) is 5.01. The van der Waals surface area contributed by atoms with E-state index in [0.29, 0.717) is 39.0 Å². The normalized spacial score (nSPS) is 26.7. The largest absolute Gasteiger partial charge is 0.401 e. The number of carbonyl (C=O) groups is 2. The lowest BCUT2D eigenvalue weighted by Crippen LogP contribution is -2.54. The minimum absolute atomic E-state index is 0.0639. The number of amides is 2. The SMILES string of the molecule is N#CCC1(n2cc(C(N)=O)c(NC(=O)C3CC3)n2)CCC(N2CCN(CC(F)(F)F)CC2)CC1. The third-order valence-corrected chi connectivity index (χ3v) is 7.28. The minimum atomic E-state index is -4.19. The second-order valence-corrected chi connectivity index (χ2v) is 9.68. The maximum Gasteiger partial charge on any atom is 0.401 e. The fourth-order valence-corrected chi connectivity index (χ4v) is 5.13. The fraction of sp³-hybridized carbons (Fsp3) is 0.727. The number of aromatic nitrogens is 2. The Morgan fingerprint density at radius 2 is 1.82 bits per heavy atom. The molecule has 3 fully saturated rings. The van der Waals surface area contributed by atoms with Gasteiger partial charge < -0.3 is 11.1 Å². The highest BCUT2D eigenvalue weighted by atomic mass is 19.4. The van der Waals surface area contributed by atoms with E-state index >= 15 is 0 Å². The molecule has 1 aliphatic heterocycles. The van der Waals surface area contributed by atoms with Gasteiger partial charge in [-0.15, -0.1) is 0 Å². The first-order valence-corrected chi connectivity index (χ1v) is 11.7. The minimum Gasteiger partial charge on any atom is -0.365 e. The van der Waals surface area contributed by atoms with Crippen LogP contribution in [0.1, 0.15) is 55.3 Å². The molecule has 1 aromatic rings. The van der Waals surface area contributed by atoms with Crippen LogP contribution in [0, 0.1) is 17.2 Å². The summed E-state index contributed by atoms with van der Waals surface area (Å²) in [6.07, 6.45) is 1.92. The summed E-state index contributed by atoms with van der Waals surface area (Å²) in [4.78, 5) is 27.9. The summed E-state index contributed by atoms with van der Waals surface area (Å²) in [6, 6.07) is 2.46. The molecular weight excluding hydrogens is 451 g/mol. The van der Waals surface area contributed by atoms with Gasteiger partial charge in [0.2, 0.25) is 5.91 Å². The molecule has 1 aromatic heterocycles. The molecule has 186 valence electrons. The summed E-state index contributed by atoms with van der Waals surface area (Å²) in [6.45, 7) is 1.04. The van der Waals surface area contributed by atoms with Crippen molar-refractivity contribution in [3.05, 3.63) is 11.8 Å². The summed E-state index contributed by atoms with van der Waals surface area (Å²) in [5.74, 6) is -0.819. The lowest BCUT2D eigenvalue weighted by Gasteiger charge is -2.45. The van der Waals surface area contributed by atoms with Gasteiger partial charge in [0, 0.05) is 44.3 Å². The number of hydrogen-bond donors (Lipinski definition) is 2. The molecule has 0 unspecified atom stereocenters. The van der Waals surface area contributed by atoms with E-state index in [4.69, 9.17) is 5.73 Å². The molecule has 1 saturated heterocycles. The van der Waals surface area contributed by atoms with Crippen LogP contribution in [0.4, 0.5) is 19.0 Å². The Balaban J connectivity index is 1.43. The molecule has 2 aliphatic carbocycles. The molecule has 3 aliphatic rings. The first kappa shape index (κ1) is 24.5. The molecule has 2 heterocycles. The Kier molecular flexibility index (Phi) is 6.87. The average Bonchev–Trinajstić information content (AvgIpc) is 3.54. The number of carbonyl (C=O) groups excluding carboxylic acids is 2. The molecule has 0 radical (unpaired) electrons. The van der Waals surface area contributed by atoms with Crippen molar-refractivity contribution in [3.8, 4) is 6.07 Å². The first-order valence-electron chi connectivity index (χ1n) is 11.7. The summed E-state index contributed by atoms with van der Waals surface area (Å²) in [5, 5.41) is 16.7. The molecule has 34 heavy (non-hydrogen) atoms. The van der Waals surface area contributed by atoms with Crippen LogP contribution >= 0.6 is 0 Å². The number of anilines is 1. The van der Waals surface area contributed by atoms with Crippen molar-refractivity contribution >= 4 is 17.6 Å². The van der Waals surface area contributed by atoms with Gasteiger partial charge in [-0.2, -0.15) is 23.5 Å². The number of nitriles is 1. The third kappa shape index (κ3) is 5.52. The molecule has 4 rings (SSSR count). The number of nitrogens with one attached hydrogen (secondary N) is 1. The highest BCUT2D eigenvalue weighted by Crippen LogP contribution is 2.40. The van der Waals surface area contributed by atoms with Crippen molar-refractivity contribution in [1.82, 2.24) is 19.6 Å². The maximum atomic E-state index is 12.7. The van der Waals surface area contributed by atoms with E-state index < -0.39 is 24.2 Å². The predicted octanol–water partition coefficient (Wildman–Crippen LogP) is 2.06. The van der Waals surface area contributed by atoms with Crippen molar-refractivity contribution in [3.63, 3.8) is 0 Å². The number of piperazine rings is 1. The van der Waals surface area contributed by atoms with Gasteiger partial charge in [-0.05, 0) is 38.5 Å². The first-order chi connectivity index (χ1) is 16.1. The van der Waals surface area contributed by atoms with E-state index in [1.807, 2.05) is 0 Å². The van der Waals surface area contributed by atoms with E-state index in [1.54, 1.807) is 4.68 Å². The Hall–Kier alpha value is -2.65. The van der Waals surface area contributed by atoms with E-state index in [-0.39, 0.29) is 35.7 Å². The van der Waals surface area contributed by atoms with Gasteiger partial charge in [-0.1, -0.05) is 0 Å². The predicted molar refractivity (Wildman–Crippen MR) is 117 cm³/mol. The smallest absolute Gasteiger partial charge is 0.365 e. The van der Waals surface area contributed by atoms with E-state index in [0.717, 1.165) is 25.7 Å². The number of nitrogens with two attached hydrogens (primary N) is 1. The average molecular weight is 482 g/mol.